The number of anilines is 1. The Morgan fingerprint density at radius 3 is 2.62 bits per heavy atom. The number of carbonyl (C=O) groups is 1. The van der Waals surface area contributed by atoms with Crippen molar-refractivity contribution >= 4 is 28.9 Å². The summed E-state index contributed by atoms with van der Waals surface area (Å²) in [6, 6.07) is 11.5. The number of β-amino-alcohol motifs (C(OH)–C–C–N with tert-alkyl or cyclic N) is 1. The highest BCUT2D eigenvalue weighted by molar-refractivity contribution is 6.31. The number of rotatable bonds is 7. The average Bonchev–Trinajstić information content (AvgIpc) is 3.56. The second kappa shape index (κ2) is 11.7. The lowest BCUT2D eigenvalue weighted by Gasteiger charge is -2.38. The second-order valence-electron chi connectivity index (χ2n) is 11.8. The molecule has 1 saturated heterocycles. The molecule has 1 unspecified atom stereocenters. The van der Waals surface area contributed by atoms with E-state index in [2.05, 4.69) is 9.80 Å². The first-order chi connectivity index (χ1) is 20.2. The van der Waals surface area contributed by atoms with E-state index in [9.17, 15) is 20.0 Å². The second-order valence-corrected chi connectivity index (χ2v) is 12.2. The van der Waals surface area contributed by atoms with Gasteiger partial charge in [0.05, 0.1) is 23.3 Å². The van der Waals surface area contributed by atoms with E-state index in [0.717, 1.165) is 78.2 Å². The molecule has 3 aliphatic heterocycles. The predicted octanol–water partition coefficient (Wildman–Crippen LogP) is 4.21. The van der Waals surface area contributed by atoms with E-state index in [1.54, 1.807) is 19.1 Å². The molecule has 1 atom stereocenters. The van der Waals surface area contributed by atoms with Crippen LogP contribution in [-0.2, 0) is 30.7 Å². The number of aryl methyl sites for hydroxylation is 1. The number of hydrogen-bond donors (Lipinski definition) is 1. The molecule has 42 heavy (non-hydrogen) atoms. The van der Waals surface area contributed by atoms with Gasteiger partial charge in [0, 0.05) is 98.3 Å². The third-order valence-corrected chi connectivity index (χ3v) is 9.49. The number of amides is 1. The first-order valence-electron chi connectivity index (χ1n) is 14.7. The molecule has 0 aliphatic carbocycles. The average molecular weight is 593 g/mol. The van der Waals surface area contributed by atoms with Crippen molar-refractivity contribution < 1.29 is 14.8 Å². The van der Waals surface area contributed by atoms with Crippen molar-refractivity contribution in [3.8, 4) is 11.3 Å². The zero-order valence-corrected chi connectivity index (χ0v) is 24.9. The fourth-order valence-electron chi connectivity index (χ4n) is 6.81. The Labute approximate surface area is 250 Å². The fraction of sp³-hybridized carbons (Fsp3) is 0.484. The number of aromatic nitrogens is 2. The van der Waals surface area contributed by atoms with Crippen LogP contribution in [0.2, 0.25) is 5.02 Å². The summed E-state index contributed by atoms with van der Waals surface area (Å²) in [7, 11) is 0. The first kappa shape index (κ1) is 28.6. The van der Waals surface area contributed by atoms with Gasteiger partial charge in [-0.1, -0.05) is 17.7 Å². The normalized spacial score (nSPS) is 18.2. The standard InChI is InChI=1S/C31H37ClN6O4/c1-20-15-23(3-5-28(20)32)31-27-19-35(21(2)39)13-10-30(27)37(33-31)18-26(40)17-34-11-8-24(9-12-34)36-14-7-22-16-25(38(41)42)4-6-29(22)36/h3-6,15-16,24,26,40H,7-14,17-19H2,1-2H3. The summed E-state index contributed by atoms with van der Waals surface area (Å²) in [5.74, 6) is 0.0498. The first-order valence-corrected chi connectivity index (χ1v) is 15.1. The largest absolute Gasteiger partial charge is 0.390 e. The highest BCUT2D eigenvalue weighted by Crippen LogP contribution is 2.35. The van der Waals surface area contributed by atoms with E-state index in [-0.39, 0.29) is 16.5 Å². The van der Waals surface area contributed by atoms with Crippen molar-refractivity contribution in [3.05, 3.63) is 73.9 Å². The molecule has 6 rings (SSSR count). The molecule has 4 heterocycles. The number of nitro groups is 1. The molecule has 3 aromatic rings. The molecule has 222 valence electrons. The van der Waals surface area contributed by atoms with E-state index >= 15 is 0 Å². The van der Waals surface area contributed by atoms with Gasteiger partial charge in [0.15, 0.2) is 0 Å². The van der Waals surface area contributed by atoms with Crippen LogP contribution in [0.1, 0.15) is 42.1 Å². The number of likely N-dealkylation sites (tertiary alicyclic amines) is 1. The van der Waals surface area contributed by atoms with Crippen LogP contribution in [0, 0.1) is 17.0 Å². The van der Waals surface area contributed by atoms with Crippen molar-refractivity contribution in [2.24, 2.45) is 0 Å². The molecule has 1 aromatic heterocycles. The lowest BCUT2D eigenvalue weighted by Crippen LogP contribution is -2.47. The van der Waals surface area contributed by atoms with Crippen molar-refractivity contribution in [2.75, 3.05) is 37.6 Å². The molecule has 3 aliphatic rings. The maximum Gasteiger partial charge on any atom is 0.269 e. The smallest absolute Gasteiger partial charge is 0.269 e. The van der Waals surface area contributed by atoms with Crippen molar-refractivity contribution in [2.45, 2.75) is 64.8 Å². The van der Waals surface area contributed by atoms with E-state index < -0.39 is 6.10 Å². The number of hydrogen-bond acceptors (Lipinski definition) is 7. The lowest BCUT2D eigenvalue weighted by atomic mass is 9.99. The van der Waals surface area contributed by atoms with Gasteiger partial charge in [-0.15, -0.1) is 0 Å². The molecule has 0 bridgehead atoms. The number of aliphatic hydroxyl groups is 1. The topological polar surface area (TPSA) is 108 Å². The quantitative estimate of drug-likeness (QED) is 0.323. The van der Waals surface area contributed by atoms with Crippen LogP contribution in [0.5, 0.6) is 0 Å². The lowest BCUT2D eigenvalue weighted by molar-refractivity contribution is -0.384. The van der Waals surface area contributed by atoms with Crippen LogP contribution < -0.4 is 4.90 Å². The number of non-ortho nitro benzene ring substituents is 1. The van der Waals surface area contributed by atoms with Crippen LogP contribution in [-0.4, -0.2) is 80.4 Å². The summed E-state index contributed by atoms with van der Waals surface area (Å²) in [6.45, 7) is 8.36. The minimum Gasteiger partial charge on any atom is -0.390 e. The Kier molecular flexibility index (Phi) is 7.95. The Balaban J connectivity index is 1.11. The number of nitrogens with zero attached hydrogens (tertiary/aromatic N) is 6. The molecule has 11 heteroatoms. The molecular formula is C31H37ClN6O4. The van der Waals surface area contributed by atoms with Crippen molar-refractivity contribution in [1.82, 2.24) is 19.6 Å². The van der Waals surface area contributed by atoms with Gasteiger partial charge < -0.3 is 19.8 Å². The zero-order valence-electron chi connectivity index (χ0n) is 24.1. The molecule has 2 aromatic carbocycles. The van der Waals surface area contributed by atoms with E-state index in [1.807, 2.05) is 40.8 Å². The molecule has 1 fully saturated rings. The molecule has 10 nitrogen and oxygen atoms in total. The van der Waals surface area contributed by atoms with Gasteiger partial charge in [0.2, 0.25) is 5.91 Å². The Hall–Kier alpha value is -3.47. The Morgan fingerprint density at radius 1 is 1.12 bits per heavy atom. The highest BCUT2D eigenvalue weighted by Gasteiger charge is 2.32. The Bertz CT molecular complexity index is 1520. The van der Waals surface area contributed by atoms with Crippen molar-refractivity contribution in [1.29, 1.82) is 0 Å². The molecule has 0 spiro atoms. The Morgan fingerprint density at radius 2 is 1.90 bits per heavy atom. The number of halogens is 1. The number of piperidine rings is 1. The van der Waals surface area contributed by atoms with Crippen LogP contribution in [0.15, 0.2) is 36.4 Å². The molecule has 0 saturated carbocycles. The number of fused-ring (bicyclic) bond motifs is 2. The SMILES string of the molecule is CC(=O)N1CCc2c(c(-c3ccc(Cl)c(C)c3)nn2CC(O)CN2CCC(N3CCc4cc([N+](=O)[O-])ccc43)CC2)C1. The van der Waals surface area contributed by atoms with Gasteiger partial charge in [-0.25, -0.2) is 0 Å². The molecular weight excluding hydrogens is 556 g/mol. The van der Waals surface area contributed by atoms with Crippen LogP contribution in [0.4, 0.5) is 11.4 Å². The van der Waals surface area contributed by atoms with Crippen molar-refractivity contribution in [3.63, 3.8) is 0 Å². The number of benzene rings is 2. The van der Waals surface area contributed by atoms with Gasteiger partial charge in [-0.3, -0.25) is 19.6 Å². The van der Waals surface area contributed by atoms with E-state index in [1.165, 1.54) is 0 Å². The van der Waals surface area contributed by atoms with E-state index in [4.69, 9.17) is 16.7 Å². The highest BCUT2D eigenvalue weighted by atomic mass is 35.5. The van der Waals surface area contributed by atoms with Gasteiger partial charge >= 0.3 is 0 Å². The zero-order chi connectivity index (χ0) is 29.5. The molecule has 1 N–H and O–H groups in total. The molecule has 0 radical (unpaired) electrons. The van der Waals surface area contributed by atoms with Crippen LogP contribution in [0.3, 0.4) is 0 Å². The predicted molar refractivity (Wildman–Crippen MR) is 162 cm³/mol. The number of carbonyl (C=O) groups excluding carboxylic acids is 1. The molecule has 1 amide bonds. The summed E-state index contributed by atoms with van der Waals surface area (Å²) in [5, 5.41) is 28.0. The summed E-state index contributed by atoms with van der Waals surface area (Å²) in [5.41, 5.74) is 7.25. The van der Waals surface area contributed by atoms with Gasteiger partial charge in [-0.2, -0.15) is 5.10 Å². The maximum atomic E-state index is 12.2. The third-order valence-electron chi connectivity index (χ3n) is 9.07. The minimum absolute atomic E-state index is 0.0498. The van der Waals surface area contributed by atoms with Crippen LogP contribution in [0.25, 0.3) is 11.3 Å². The number of aliphatic hydroxyl groups excluding tert-OH is 1. The van der Waals surface area contributed by atoms with Gasteiger partial charge in [-0.05, 0) is 55.5 Å². The van der Waals surface area contributed by atoms with Gasteiger partial charge in [0.1, 0.15) is 0 Å². The summed E-state index contributed by atoms with van der Waals surface area (Å²) in [4.78, 5) is 29.6. The maximum absolute atomic E-state index is 12.2. The third kappa shape index (κ3) is 5.63. The fourth-order valence-corrected chi connectivity index (χ4v) is 6.93. The summed E-state index contributed by atoms with van der Waals surface area (Å²) < 4.78 is 1.95. The van der Waals surface area contributed by atoms with Gasteiger partial charge in [0.25, 0.3) is 5.69 Å². The summed E-state index contributed by atoms with van der Waals surface area (Å²) in [6.07, 6.45) is 2.94. The van der Waals surface area contributed by atoms with E-state index in [0.29, 0.717) is 43.7 Å². The minimum atomic E-state index is -0.579. The number of nitro benzene ring substituents is 1. The summed E-state index contributed by atoms with van der Waals surface area (Å²) >= 11 is 6.29. The van der Waals surface area contributed by atoms with Crippen LogP contribution >= 0.6 is 11.6 Å². The monoisotopic (exact) mass is 592 g/mol.